The van der Waals surface area contributed by atoms with Gasteiger partial charge in [0.2, 0.25) is 0 Å². The van der Waals surface area contributed by atoms with Crippen molar-refractivity contribution in [3.8, 4) is 0 Å². The van der Waals surface area contributed by atoms with Gasteiger partial charge in [-0.3, -0.25) is 4.68 Å². The Morgan fingerprint density at radius 1 is 1.30 bits per heavy atom. The summed E-state index contributed by atoms with van der Waals surface area (Å²) in [5.41, 5.74) is 1.09. The van der Waals surface area contributed by atoms with E-state index in [0.29, 0.717) is 0 Å². The number of hydrogen-bond donors (Lipinski definition) is 1. The minimum absolute atomic E-state index is 0.188. The smallest absolute Gasteiger partial charge is 0.0864 e. The number of aromatic nitrogens is 2. The Bertz CT molecular complexity index is 665. The number of benzene rings is 1. The fourth-order valence-corrected chi connectivity index (χ4v) is 3.52. The van der Waals surface area contributed by atoms with Gasteiger partial charge in [0, 0.05) is 22.8 Å². The molecule has 0 aliphatic carbocycles. The highest BCUT2D eigenvalue weighted by Crippen LogP contribution is 2.32. The second kappa shape index (κ2) is 5.77. The van der Waals surface area contributed by atoms with Gasteiger partial charge < -0.3 is 5.32 Å². The number of rotatable bonds is 5. The first-order valence-electron chi connectivity index (χ1n) is 6.99. The van der Waals surface area contributed by atoms with E-state index in [2.05, 4.69) is 53.7 Å². The van der Waals surface area contributed by atoms with Crippen molar-refractivity contribution < 1.29 is 0 Å². The lowest BCUT2D eigenvalue weighted by molar-refractivity contribution is 0.582. The molecule has 3 aromatic rings. The molecule has 0 saturated heterocycles. The third-order valence-corrected chi connectivity index (χ3v) is 4.54. The predicted octanol–water partition coefficient (Wildman–Crippen LogP) is 3.72. The highest BCUT2D eigenvalue weighted by Gasteiger charge is 2.18. The van der Waals surface area contributed by atoms with Gasteiger partial charge in [0.05, 0.1) is 11.7 Å². The fraction of sp³-hybridized carbons (Fsp3) is 0.312. The quantitative estimate of drug-likeness (QED) is 0.774. The maximum atomic E-state index is 4.57. The lowest BCUT2D eigenvalue weighted by Crippen LogP contribution is -2.22. The van der Waals surface area contributed by atoms with Crippen LogP contribution in [0.4, 0.5) is 0 Å². The molecule has 0 fully saturated rings. The van der Waals surface area contributed by atoms with E-state index in [4.69, 9.17) is 0 Å². The molecule has 2 aromatic heterocycles. The number of nitrogens with zero attached hydrogens (tertiary/aromatic N) is 2. The van der Waals surface area contributed by atoms with Gasteiger partial charge in [-0.2, -0.15) is 5.10 Å². The molecule has 1 aromatic carbocycles. The highest BCUT2D eigenvalue weighted by molar-refractivity contribution is 7.19. The van der Waals surface area contributed by atoms with Crippen LogP contribution in [0.25, 0.3) is 10.1 Å². The van der Waals surface area contributed by atoms with E-state index in [-0.39, 0.29) is 6.04 Å². The van der Waals surface area contributed by atoms with E-state index in [1.165, 1.54) is 15.0 Å². The largest absolute Gasteiger partial charge is 0.304 e. The summed E-state index contributed by atoms with van der Waals surface area (Å²) in [6.07, 6.45) is 3.12. The van der Waals surface area contributed by atoms with Crippen molar-refractivity contribution in [3.05, 3.63) is 53.2 Å². The minimum atomic E-state index is 0.188. The van der Waals surface area contributed by atoms with Crippen LogP contribution in [-0.4, -0.2) is 16.3 Å². The summed E-state index contributed by atoms with van der Waals surface area (Å²) in [6, 6.07) is 13.1. The molecule has 2 heterocycles. The molecule has 0 amide bonds. The van der Waals surface area contributed by atoms with Crippen LogP contribution in [0.1, 0.15) is 30.0 Å². The van der Waals surface area contributed by atoms with Gasteiger partial charge in [0.25, 0.3) is 0 Å². The molecule has 1 unspecified atom stereocenters. The average molecular weight is 285 g/mol. The van der Waals surface area contributed by atoms with Gasteiger partial charge in [-0.05, 0) is 36.6 Å². The van der Waals surface area contributed by atoms with Gasteiger partial charge in [0.15, 0.2) is 0 Å². The van der Waals surface area contributed by atoms with Crippen LogP contribution >= 0.6 is 11.3 Å². The molecule has 3 rings (SSSR count). The summed E-state index contributed by atoms with van der Waals surface area (Å²) >= 11 is 1.85. The molecule has 1 atom stereocenters. The van der Waals surface area contributed by atoms with Crippen LogP contribution in [0, 0.1) is 0 Å². The fourth-order valence-electron chi connectivity index (χ4n) is 2.37. The predicted molar refractivity (Wildman–Crippen MR) is 85.2 cm³/mol. The van der Waals surface area contributed by atoms with E-state index >= 15 is 0 Å². The monoisotopic (exact) mass is 285 g/mol. The van der Waals surface area contributed by atoms with Crippen molar-refractivity contribution in [3.63, 3.8) is 0 Å². The Hall–Kier alpha value is -1.65. The molecule has 0 radical (unpaired) electrons. The van der Waals surface area contributed by atoms with Crippen molar-refractivity contribution in [2.45, 2.75) is 19.4 Å². The van der Waals surface area contributed by atoms with E-state index in [9.17, 15) is 0 Å². The topological polar surface area (TPSA) is 29.9 Å². The first-order chi connectivity index (χ1) is 9.78. The summed E-state index contributed by atoms with van der Waals surface area (Å²) in [5, 5.41) is 9.49. The van der Waals surface area contributed by atoms with Crippen molar-refractivity contribution in [2.75, 3.05) is 6.54 Å². The number of nitrogens with one attached hydrogen (secondary N) is 1. The van der Waals surface area contributed by atoms with Crippen LogP contribution in [-0.2, 0) is 7.05 Å². The standard InChI is InChI=1S/C16H19N3S/c1-3-9-17-16(13-8-10-19(2)18-13)15-11-12-6-4-5-7-14(12)20-15/h4-8,10-11,16-17H,3,9H2,1-2H3. The summed E-state index contributed by atoms with van der Waals surface area (Å²) in [6.45, 7) is 3.18. The molecule has 0 aliphatic heterocycles. The number of fused-ring (bicyclic) bond motifs is 1. The molecule has 0 spiro atoms. The molecule has 104 valence electrons. The van der Waals surface area contributed by atoms with E-state index in [1.54, 1.807) is 0 Å². The SMILES string of the molecule is CCCNC(c1ccn(C)n1)c1cc2ccccc2s1. The number of aryl methyl sites for hydroxylation is 1. The third kappa shape index (κ3) is 2.62. The molecule has 0 bridgehead atoms. The number of thiophene rings is 1. The zero-order valence-electron chi connectivity index (χ0n) is 11.8. The molecule has 3 nitrogen and oxygen atoms in total. The van der Waals surface area contributed by atoms with Crippen LogP contribution in [0.15, 0.2) is 42.6 Å². The Balaban J connectivity index is 1.99. The van der Waals surface area contributed by atoms with Crippen LogP contribution in [0.2, 0.25) is 0 Å². The normalized spacial score (nSPS) is 12.9. The summed E-state index contributed by atoms with van der Waals surface area (Å²) < 4.78 is 3.20. The van der Waals surface area contributed by atoms with E-state index < -0.39 is 0 Å². The average Bonchev–Trinajstić information content (AvgIpc) is 3.05. The van der Waals surface area contributed by atoms with Gasteiger partial charge in [-0.15, -0.1) is 11.3 Å². The highest BCUT2D eigenvalue weighted by atomic mass is 32.1. The zero-order valence-corrected chi connectivity index (χ0v) is 12.7. The Morgan fingerprint density at radius 2 is 2.15 bits per heavy atom. The van der Waals surface area contributed by atoms with Crippen molar-refractivity contribution in [2.24, 2.45) is 7.05 Å². The summed E-state index contributed by atoms with van der Waals surface area (Å²) in [7, 11) is 1.96. The second-order valence-corrected chi connectivity index (χ2v) is 6.10. The van der Waals surface area contributed by atoms with E-state index in [1.807, 2.05) is 29.3 Å². The van der Waals surface area contributed by atoms with Crippen LogP contribution in [0.5, 0.6) is 0 Å². The minimum Gasteiger partial charge on any atom is -0.304 e. The van der Waals surface area contributed by atoms with Crippen LogP contribution < -0.4 is 5.32 Å². The lowest BCUT2D eigenvalue weighted by Gasteiger charge is -2.14. The molecule has 4 heteroatoms. The molecule has 0 aliphatic rings. The lowest BCUT2D eigenvalue weighted by atomic mass is 10.1. The third-order valence-electron chi connectivity index (χ3n) is 3.36. The first kappa shape index (κ1) is 13.3. The van der Waals surface area contributed by atoms with Crippen molar-refractivity contribution in [1.82, 2.24) is 15.1 Å². The van der Waals surface area contributed by atoms with Crippen molar-refractivity contribution in [1.29, 1.82) is 0 Å². The molecule has 1 N–H and O–H groups in total. The molecular weight excluding hydrogens is 266 g/mol. The Kier molecular flexibility index (Phi) is 3.85. The van der Waals surface area contributed by atoms with Gasteiger partial charge in [-0.1, -0.05) is 25.1 Å². The van der Waals surface area contributed by atoms with Gasteiger partial charge in [0.1, 0.15) is 0 Å². The maximum absolute atomic E-state index is 4.57. The first-order valence-corrected chi connectivity index (χ1v) is 7.81. The number of hydrogen-bond acceptors (Lipinski definition) is 3. The second-order valence-electron chi connectivity index (χ2n) is 4.99. The van der Waals surface area contributed by atoms with Crippen LogP contribution in [0.3, 0.4) is 0 Å². The Morgan fingerprint density at radius 3 is 2.85 bits per heavy atom. The van der Waals surface area contributed by atoms with Crippen molar-refractivity contribution >= 4 is 21.4 Å². The molecule has 20 heavy (non-hydrogen) atoms. The Labute approximate surface area is 123 Å². The maximum Gasteiger partial charge on any atom is 0.0864 e. The summed E-state index contributed by atoms with van der Waals surface area (Å²) in [4.78, 5) is 1.33. The zero-order chi connectivity index (χ0) is 13.9. The molecular formula is C16H19N3S. The van der Waals surface area contributed by atoms with Gasteiger partial charge >= 0.3 is 0 Å². The van der Waals surface area contributed by atoms with E-state index in [0.717, 1.165) is 18.7 Å². The van der Waals surface area contributed by atoms with Gasteiger partial charge in [-0.25, -0.2) is 0 Å². The summed E-state index contributed by atoms with van der Waals surface area (Å²) in [5.74, 6) is 0. The molecule has 0 saturated carbocycles.